The van der Waals surface area contributed by atoms with Crippen molar-refractivity contribution < 1.29 is 13.9 Å². The molecule has 1 saturated heterocycles. The van der Waals surface area contributed by atoms with Crippen LogP contribution in [0.15, 0.2) is 30.5 Å². The van der Waals surface area contributed by atoms with Crippen molar-refractivity contribution in [2.75, 3.05) is 19.6 Å². The largest absolute Gasteiger partial charge is 0.489 e. The smallest absolute Gasteiger partial charge is 0.273 e. The summed E-state index contributed by atoms with van der Waals surface area (Å²) in [6.07, 6.45) is 3.33. The molecule has 2 N–H and O–H groups in total. The SMILES string of the molecule is CC(CNC(=O)c1cn(C2CCNCC2)nn1)Oc1cccc(F)c1.Cl. The second-order valence-electron chi connectivity index (χ2n) is 6.16. The predicted molar refractivity (Wildman–Crippen MR) is 97.2 cm³/mol. The standard InChI is InChI=1S/C17H22FN5O2.ClH/c1-12(25-15-4-2-3-13(18)9-15)10-20-17(24)16-11-23(22-21-16)14-5-7-19-8-6-14;/h2-4,9,11-12,14,19H,5-8,10H2,1H3,(H,20,24);1H. The molecular formula is C17H23ClFN5O2. The Hall–Kier alpha value is -2.19. The molecule has 3 rings (SSSR count). The van der Waals surface area contributed by atoms with Gasteiger partial charge in [-0.15, -0.1) is 17.5 Å². The molecule has 1 unspecified atom stereocenters. The first-order valence-corrected chi connectivity index (χ1v) is 8.45. The van der Waals surface area contributed by atoms with Gasteiger partial charge >= 0.3 is 0 Å². The Balaban J connectivity index is 0.00000243. The molecule has 2 heterocycles. The first-order chi connectivity index (χ1) is 12.1. The Labute approximate surface area is 157 Å². The first kappa shape index (κ1) is 20.1. The lowest BCUT2D eigenvalue weighted by atomic mass is 10.1. The van der Waals surface area contributed by atoms with Crippen LogP contribution in [0.25, 0.3) is 0 Å². The van der Waals surface area contributed by atoms with Gasteiger partial charge in [-0.3, -0.25) is 4.79 Å². The van der Waals surface area contributed by atoms with Crippen molar-refractivity contribution in [2.45, 2.75) is 31.9 Å². The highest BCUT2D eigenvalue weighted by atomic mass is 35.5. The summed E-state index contributed by atoms with van der Waals surface area (Å²) in [6, 6.07) is 6.19. The summed E-state index contributed by atoms with van der Waals surface area (Å²) in [6.45, 7) is 3.98. The van der Waals surface area contributed by atoms with Crippen LogP contribution in [0, 0.1) is 5.82 Å². The number of amides is 1. The monoisotopic (exact) mass is 383 g/mol. The van der Waals surface area contributed by atoms with Crippen molar-refractivity contribution in [1.29, 1.82) is 0 Å². The third-order valence-electron chi connectivity index (χ3n) is 4.11. The quantitative estimate of drug-likeness (QED) is 0.797. The zero-order valence-electron chi connectivity index (χ0n) is 14.5. The van der Waals surface area contributed by atoms with Crippen molar-refractivity contribution in [2.24, 2.45) is 0 Å². The van der Waals surface area contributed by atoms with Crippen LogP contribution in [0.3, 0.4) is 0 Å². The zero-order chi connectivity index (χ0) is 17.6. The number of carbonyl (C=O) groups excluding carboxylic acids is 1. The van der Waals surface area contributed by atoms with Crippen molar-refractivity contribution in [1.82, 2.24) is 25.6 Å². The molecule has 7 nitrogen and oxygen atoms in total. The van der Waals surface area contributed by atoms with Crippen LogP contribution in [0.1, 0.15) is 36.3 Å². The molecule has 1 aromatic carbocycles. The van der Waals surface area contributed by atoms with Crippen LogP contribution < -0.4 is 15.4 Å². The van der Waals surface area contributed by atoms with E-state index in [4.69, 9.17) is 4.74 Å². The fourth-order valence-electron chi connectivity index (χ4n) is 2.77. The molecule has 2 aromatic rings. The number of carbonyl (C=O) groups is 1. The predicted octanol–water partition coefficient (Wildman–Crippen LogP) is 1.96. The Kier molecular flexibility index (Phi) is 7.35. The van der Waals surface area contributed by atoms with Crippen molar-refractivity contribution >= 4 is 18.3 Å². The summed E-state index contributed by atoms with van der Waals surface area (Å²) in [5, 5.41) is 14.1. The Morgan fingerprint density at radius 3 is 2.96 bits per heavy atom. The molecular weight excluding hydrogens is 361 g/mol. The third kappa shape index (κ3) is 5.40. The summed E-state index contributed by atoms with van der Waals surface area (Å²) in [5.41, 5.74) is 0.288. The number of benzene rings is 1. The zero-order valence-corrected chi connectivity index (χ0v) is 15.3. The number of nitrogens with zero attached hydrogens (tertiary/aromatic N) is 3. The van der Waals surface area contributed by atoms with Crippen LogP contribution >= 0.6 is 12.4 Å². The molecule has 1 aliphatic rings. The molecule has 0 spiro atoms. The number of hydrogen-bond acceptors (Lipinski definition) is 5. The number of hydrogen-bond donors (Lipinski definition) is 2. The van der Waals surface area contributed by atoms with Crippen LogP contribution in [-0.4, -0.2) is 46.6 Å². The van der Waals surface area contributed by atoms with E-state index >= 15 is 0 Å². The first-order valence-electron chi connectivity index (χ1n) is 8.45. The van der Waals surface area contributed by atoms with Gasteiger partial charge in [-0.25, -0.2) is 9.07 Å². The number of halogens is 2. The lowest BCUT2D eigenvalue weighted by Gasteiger charge is -2.22. The second kappa shape index (κ2) is 9.49. The molecule has 0 aliphatic carbocycles. The van der Waals surface area contributed by atoms with Crippen molar-refractivity contribution in [3.63, 3.8) is 0 Å². The highest BCUT2D eigenvalue weighted by Gasteiger charge is 2.19. The minimum absolute atomic E-state index is 0. The minimum Gasteiger partial charge on any atom is -0.489 e. The fraction of sp³-hybridized carbons (Fsp3) is 0.471. The number of ether oxygens (including phenoxy) is 1. The average molecular weight is 384 g/mol. The van der Waals surface area contributed by atoms with E-state index in [-0.39, 0.29) is 48.5 Å². The minimum atomic E-state index is -0.358. The maximum Gasteiger partial charge on any atom is 0.273 e. The number of aromatic nitrogens is 3. The van der Waals surface area contributed by atoms with E-state index in [1.54, 1.807) is 29.9 Å². The molecule has 1 aromatic heterocycles. The summed E-state index contributed by atoms with van der Waals surface area (Å²) < 4.78 is 20.5. The van der Waals surface area contributed by atoms with E-state index in [9.17, 15) is 9.18 Å². The van der Waals surface area contributed by atoms with Gasteiger partial charge in [0.15, 0.2) is 5.69 Å². The van der Waals surface area contributed by atoms with E-state index in [1.807, 2.05) is 0 Å². The van der Waals surface area contributed by atoms with Gasteiger partial charge in [0.05, 0.1) is 18.8 Å². The lowest BCUT2D eigenvalue weighted by Crippen LogP contribution is -2.33. The lowest BCUT2D eigenvalue weighted by molar-refractivity contribution is 0.0927. The fourth-order valence-corrected chi connectivity index (χ4v) is 2.77. The van der Waals surface area contributed by atoms with Gasteiger partial charge in [0.25, 0.3) is 5.91 Å². The number of nitrogens with one attached hydrogen (secondary N) is 2. The molecule has 0 radical (unpaired) electrons. The van der Waals surface area contributed by atoms with Gasteiger partial charge in [-0.1, -0.05) is 11.3 Å². The number of rotatable bonds is 6. The Morgan fingerprint density at radius 2 is 2.23 bits per heavy atom. The van der Waals surface area contributed by atoms with Crippen LogP contribution in [0.4, 0.5) is 4.39 Å². The molecule has 26 heavy (non-hydrogen) atoms. The Morgan fingerprint density at radius 1 is 1.46 bits per heavy atom. The Bertz CT molecular complexity index is 721. The molecule has 1 fully saturated rings. The summed E-state index contributed by atoms with van der Waals surface area (Å²) in [4.78, 5) is 12.2. The van der Waals surface area contributed by atoms with Crippen molar-refractivity contribution in [3.8, 4) is 5.75 Å². The highest BCUT2D eigenvalue weighted by molar-refractivity contribution is 5.91. The number of piperidine rings is 1. The van der Waals surface area contributed by atoms with Gasteiger partial charge in [-0.05, 0) is 45.0 Å². The molecule has 142 valence electrons. The van der Waals surface area contributed by atoms with E-state index in [0.29, 0.717) is 5.75 Å². The van der Waals surface area contributed by atoms with E-state index in [1.165, 1.54) is 12.1 Å². The molecule has 1 amide bonds. The molecule has 0 saturated carbocycles. The van der Waals surface area contributed by atoms with Gasteiger partial charge in [0.2, 0.25) is 0 Å². The molecule has 9 heteroatoms. The summed E-state index contributed by atoms with van der Waals surface area (Å²) in [7, 11) is 0. The van der Waals surface area contributed by atoms with E-state index in [2.05, 4.69) is 20.9 Å². The topological polar surface area (TPSA) is 81.1 Å². The van der Waals surface area contributed by atoms with Gasteiger partial charge in [-0.2, -0.15) is 0 Å². The van der Waals surface area contributed by atoms with Crippen LogP contribution in [-0.2, 0) is 0 Å². The second-order valence-corrected chi connectivity index (χ2v) is 6.16. The normalized spacial score (nSPS) is 15.8. The van der Waals surface area contributed by atoms with Gasteiger partial charge in [0, 0.05) is 6.07 Å². The molecule has 0 bridgehead atoms. The maximum absolute atomic E-state index is 13.1. The average Bonchev–Trinajstić information content (AvgIpc) is 3.11. The van der Waals surface area contributed by atoms with Gasteiger partial charge in [0.1, 0.15) is 17.7 Å². The third-order valence-corrected chi connectivity index (χ3v) is 4.11. The van der Waals surface area contributed by atoms with Crippen LogP contribution in [0.5, 0.6) is 5.75 Å². The van der Waals surface area contributed by atoms with E-state index in [0.717, 1.165) is 25.9 Å². The summed E-state index contributed by atoms with van der Waals surface area (Å²) >= 11 is 0. The maximum atomic E-state index is 13.1. The molecule has 1 atom stereocenters. The highest BCUT2D eigenvalue weighted by Crippen LogP contribution is 2.17. The molecule has 1 aliphatic heterocycles. The van der Waals surface area contributed by atoms with Gasteiger partial charge < -0.3 is 15.4 Å². The van der Waals surface area contributed by atoms with E-state index < -0.39 is 0 Å². The summed E-state index contributed by atoms with van der Waals surface area (Å²) in [5.74, 6) is -0.225. The van der Waals surface area contributed by atoms with Crippen molar-refractivity contribution in [3.05, 3.63) is 42.0 Å². The van der Waals surface area contributed by atoms with Crippen LogP contribution in [0.2, 0.25) is 0 Å².